The molecule has 2 unspecified atom stereocenters. The summed E-state index contributed by atoms with van der Waals surface area (Å²) in [5, 5.41) is 14.5. The molecule has 0 saturated carbocycles. The number of fused-ring (bicyclic) bond motifs is 1. The van der Waals surface area contributed by atoms with Crippen LogP contribution in [0, 0.1) is 0 Å². The average molecular weight is 250 g/mol. The Hall–Kier alpha value is -0.940. The zero-order chi connectivity index (χ0) is 12.5. The molecule has 2 aliphatic heterocycles. The van der Waals surface area contributed by atoms with Gasteiger partial charge < -0.3 is 10.0 Å². The van der Waals surface area contributed by atoms with E-state index < -0.39 is 6.10 Å². The van der Waals surface area contributed by atoms with Gasteiger partial charge in [-0.15, -0.1) is 0 Å². The maximum Gasteiger partial charge on any atom is 0.156 e. The predicted molar refractivity (Wildman–Crippen MR) is 68.3 cm³/mol. The molecule has 1 N–H and O–H groups in total. The van der Waals surface area contributed by atoms with Crippen LogP contribution < -0.4 is 0 Å². The van der Waals surface area contributed by atoms with Crippen LogP contribution in [0.5, 0.6) is 0 Å². The molecule has 0 spiro atoms. The van der Waals surface area contributed by atoms with Crippen LogP contribution in [0.3, 0.4) is 0 Å². The minimum absolute atomic E-state index is 0.411. The minimum atomic E-state index is -0.411. The second-order valence-corrected chi connectivity index (χ2v) is 5.44. The highest BCUT2D eigenvalue weighted by Crippen LogP contribution is 2.28. The van der Waals surface area contributed by atoms with E-state index in [1.807, 2.05) is 4.68 Å². The Kier molecular flexibility index (Phi) is 3.35. The zero-order valence-electron chi connectivity index (χ0n) is 11.0. The van der Waals surface area contributed by atoms with E-state index in [9.17, 15) is 5.11 Å². The van der Waals surface area contributed by atoms with Crippen LogP contribution >= 0.6 is 0 Å². The maximum absolute atomic E-state index is 9.94. The van der Waals surface area contributed by atoms with Crippen molar-refractivity contribution in [2.75, 3.05) is 19.6 Å². The molecule has 3 rings (SSSR count). The third-order valence-corrected chi connectivity index (χ3v) is 4.18. The van der Waals surface area contributed by atoms with Crippen molar-refractivity contribution >= 4 is 0 Å². The van der Waals surface area contributed by atoms with Crippen molar-refractivity contribution in [1.82, 2.24) is 19.7 Å². The lowest BCUT2D eigenvalue weighted by Crippen LogP contribution is -2.34. The summed E-state index contributed by atoms with van der Waals surface area (Å²) in [4.78, 5) is 7.06. The van der Waals surface area contributed by atoms with E-state index in [1.54, 1.807) is 0 Å². The highest BCUT2D eigenvalue weighted by atomic mass is 16.3. The first-order valence-corrected chi connectivity index (χ1v) is 7.13. The minimum Gasteiger partial charge on any atom is -0.385 e. The Labute approximate surface area is 108 Å². The highest BCUT2D eigenvalue weighted by molar-refractivity contribution is 5.05. The number of aliphatic hydroxyl groups excluding tert-OH is 1. The van der Waals surface area contributed by atoms with Gasteiger partial charge in [-0.1, -0.05) is 6.92 Å². The lowest BCUT2D eigenvalue weighted by Gasteiger charge is -2.30. The molecule has 2 atom stereocenters. The molecule has 100 valence electrons. The van der Waals surface area contributed by atoms with Crippen molar-refractivity contribution in [3.05, 3.63) is 11.6 Å². The summed E-state index contributed by atoms with van der Waals surface area (Å²) >= 11 is 0. The van der Waals surface area contributed by atoms with Crippen LogP contribution in [-0.4, -0.2) is 44.4 Å². The molecule has 0 aromatic carbocycles. The lowest BCUT2D eigenvalue weighted by atomic mass is 9.97. The molecule has 5 heteroatoms. The second kappa shape index (κ2) is 4.97. The van der Waals surface area contributed by atoms with Crippen LogP contribution in [0.15, 0.2) is 0 Å². The SMILES string of the molecule is CCN1CCCC(c2nc3n(n2)CCCC3O)C1. The fourth-order valence-corrected chi connectivity index (χ4v) is 3.07. The van der Waals surface area contributed by atoms with Crippen molar-refractivity contribution in [2.24, 2.45) is 0 Å². The van der Waals surface area contributed by atoms with Crippen LogP contribution in [0.4, 0.5) is 0 Å². The first kappa shape index (κ1) is 12.1. The van der Waals surface area contributed by atoms with E-state index >= 15 is 0 Å². The van der Waals surface area contributed by atoms with Crippen LogP contribution in [0.1, 0.15) is 56.3 Å². The van der Waals surface area contributed by atoms with Gasteiger partial charge in [0.2, 0.25) is 0 Å². The van der Waals surface area contributed by atoms with Crippen molar-refractivity contribution in [3.63, 3.8) is 0 Å². The molecule has 1 aromatic rings. The zero-order valence-corrected chi connectivity index (χ0v) is 11.0. The van der Waals surface area contributed by atoms with Gasteiger partial charge >= 0.3 is 0 Å². The summed E-state index contributed by atoms with van der Waals surface area (Å²) in [6, 6.07) is 0. The summed E-state index contributed by atoms with van der Waals surface area (Å²) in [6.07, 6.45) is 3.82. The molecule has 5 nitrogen and oxygen atoms in total. The van der Waals surface area contributed by atoms with Gasteiger partial charge in [-0.3, -0.25) is 0 Å². The second-order valence-electron chi connectivity index (χ2n) is 5.44. The first-order valence-electron chi connectivity index (χ1n) is 7.13. The smallest absolute Gasteiger partial charge is 0.156 e. The van der Waals surface area contributed by atoms with Crippen molar-refractivity contribution in [1.29, 1.82) is 0 Å². The number of rotatable bonds is 2. The quantitative estimate of drug-likeness (QED) is 0.859. The summed E-state index contributed by atoms with van der Waals surface area (Å²) in [7, 11) is 0. The number of aromatic nitrogens is 3. The fourth-order valence-electron chi connectivity index (χ4n) is 3.07. The van der Waals surface area contributed by atoms with E-state index in [1.165, 1.54) is 19.4 Å². The van der Waals surface area contributed by atoms with E-state index in [0.29, 0.717) is 5.92 Å². The number of hydrogen-bond donors (Lipinski definition) is 1. The molecule has 18 heavy (non-hydrogen) atoms. The first-order chi connectivity index (χ1) is 8.78. The molecular weight excluding hydrogens is 228 g/mol. The Bertz CT molecular complexity index is 417. The topological polar surface area (TPSA) is 54.2 Å². The number of nitrogens with zero attached hydrogens (tertiary/aromatic N) is 4. The highest BCUT2D eigenvalue weighted by Gasteiger charge is 2.28. The number of piperidine rings is 1. The number of aryl methyl sites for hydroxylation is 1. The van der Waals surface area contributed by atoms with Crippen molar-refractivity contribution < 1.29 is 5.11 Å². The molecule has 3 heterocycles. The molecule has 0 amide bonds. The van der Waals surface area contributed by atoms with E-state index in [4.69, 9.17) is 0 Å². The number of likely N-dealkylation sites (N-methyl/N-ethyl adjacent to an activating group) is 1. The molecule has 1 fully saturated rings. The number of likely N-dealkylation sites (tertiary alicyclic amines) is 1. The van der Waals surface area contributed by atoms with Crippen LogP contribution in [-0.2, 0) is 6.54 Å². The molecule has 1 saturated heterocycles. The van der Waals surface area contributed by atoms with Gasteiger partial charge in [0, 0.05) is 19.0 Å². The van der Waals surface area contributed by atoms with Crippen molar-refractivity contribution in [3.8, 4) is 0 Å². The van der Waals surface area contributed by atoms with Crippen LogP contribution in [0.2, 0.25) is 0 Å². The Morgan fingerprint density at radius 2 is 2.11 bits per heavy atom. The molecule has 2 aliphatic rings. The predicted octanol–water partition coefficient (Wildman–Crippen LogP) is 1.30. The summed E-state index contributed by atoms with van der Waals surface area (Å²) in [5.74, 6) is 2.18. The lowest BCUT2D eigenvalue weighted by molar-refractivity contribution is 0.130. The third-order valence-electron chi connectivity index (χ3n) is 4.18. The molecule has 0 bridgehead atoms. The monoisotopic (exact) mass is 250 g/mol. The molecule has 0 aliphatic carbocycles. The van der Waals surface area contributed by atoms with E-state index in [0.717, 1.165) is 44.1 Å². The molecule has 0 radical (unpaired) electrons. The number of aliphatic hydroxyl groups is 1. The van der Waals surface area contributed by atoms with Gasteiger partial charge in [0.1, 0.15) is 6.10 Å². The number of hydrogen-bond acceptors (Lipinski definition) is 4. The fraction of sp³-hybridized carbons (Fsp3) is 0.846. The average Bonchev–Trinajstić information content (AvgIpc) is 2.84. The third kappa shape index (κ3) is 2.17. The molecule has 1 aromatic heterocycles. The van der Waals surface area contributed by atoms with Gasteiger partial charge in [-0.2, -0.15) is 5.10 Å². The van der Waals surface area contributed by atoms with Gasteiger partial charge in [-0.05, 0) is 38.8 Å². The summed E-state index contributed by atoms with van der Waals surface area (Å²) < 4.78 is 1.91. The van der Waals surface area contributed by atoms with Gasteiger partial charge in [0.25, 0.3) is 0 Å². The normalized spacial score (nSPS) is 29.2. The maximum atomic E-state index is 9.94. The molecular formula is C13H22N4O. The summed E-state index contributed by atoms with van der Waals surface area (Å²) in [5.41, 5.74) is 0. The van der Waals surface area contributed by atoms with Gasteiger partial charge in [-0.25, -0.2) is 9.67 Å². The van der Waals surface area contributed by atoms with Gasteiger partial charge in [0.15, 0.2) is 11.6 Å². The largest absolute Gasteiger partial charge is 0.385 e. The van der Waals surface area contributed by atoms with Crippen molar-refractivity contribution in [2.45, 2.75) is 51.2 Å². The van der Waals surface area contributed by atoms with Gasteiger partial charge in [0.05, 0.1) is 0 Å². The van der Waals surface area contributed by atoms with E-state index in [2.05, 4.69) is 21.9 Å². The Morgan fingerprint density at radius 3 is 2.89 bits per heavy atom. The summed E-state index contributed by atoms with van der Waals surface area (Å²) in [6.45, 7) is 6.48. The Balaban J connectivity index is 1.80. The van der Waals surface area contributed by atoms with E-state index in [-0.39, 0.29) is 0 Å². The van der Waals surface area contributed by atoms with Crippen LogP contribution in [0.25, 0.3) is 0 Å². The standard InChI is InChI=1S/C13H22N4O/c1-2-16-7-3-5-10(9-16)12-14-13-11(18)6-4-8-17(13)15-12/h10-11,18H,2-9H2,1H3. The Morgan fingerprint density at radius 1 is 1.28 bits per heavy atom.